The number of fused-ring (bicyclic) bond motifs is 1. The lowest BCUT2D eigenvalue weighted by Gasteiger charge is -2.08. The second-order valence-corrected chi connectivity index (χ2v) is 5.47. The van der Waals surface area contributed by atoms with Crippen LogP contribution in [0.25, 0.3) is 22.7 Å². The third kappa shape index (κ3) is 2.17. The van der Waals surface area contributed by atoms with Gasteiger partial charge in [0.05, 0.1) is 5.69 Å². The number of aryl methyl sites for hydroxylation is 3. The zero-order chi connectivity index (χ0) is 16.0. The molecule has 0 aliphatic heterocycles. The second kappa shape index (κ2) is 4.98. The summed E-state index contributed by atoms with van der Waals surface area (Å²) in [5.74, 6) is 2.12. The zero-order valence-corrected chi connectivity index (χ0v) is 13.1. The predicted molar refractivity (Wildman–Crippen MR) is 85.3 cm³/mol. The quantitative estimate of drug-likeness (QED) is 0.568. The average Bonchev–Trinajstić information content (AvgIpc) is 3.17. The van der Waals surface area contributed by atoms with Crippen LogP contribution in [0.5, 0.6) is 0 Å². The Balaban J connectivity index is 2.04. The summed E-state index contributed by atoms with van der Waals surface area (Å²) in [6, 6.07) is 8.12. The SMILES string of the molecule is Cc1ccc(-c2nc(-n3cncn3)c3c(C)nc(C)n3n2)cc1. The Morgan fingerprint density at radius 3 is 2.43 bits per heavy atom. The van der Waals surface area contributed by atoms with E-state index in [1.54, 1.807) is 11.0 Å². The summed E-state index contributed by atoms with van der Waals surface area (Å²) in [6.45, 7) is 5.92. The van der Waals surface area contributed by atoms with E-state index in [4.69, 9.17) is 4.98 Å². The lowest BCUT2D eigenvalue weighted by molar-refractivity contribution is 0.800. The van der Waals surface area contributed by atoms with E-state index < -0.39 is 0 Å². The Morgan fingerprint density at radius 1 is 0.957 bits per heavy atom. The van der Waals surface area contributed by atoms with Crippen molar-refractivity contribution < 1.29 is 0 Å². The van der Waals surface area contributed by atoms with E-state index in [0.29, 0.717) is 11.6 Å². The van der Waals surface area contributed by atoms with Gasteiger partial charge in [-0.05, 0) is 20.8 Å². The van der Waals surface area contributed by atoms with E-state index >= 15 is 0 Å². The van der Waals surface area contributed by atoms with Crippen molar-refractivity contribution in [1.82, 2.24) is 34.3 Å². The van der Waals surface area contributed by atoms with Gasteiger partial charge in [0.1, 0.15) is 24.0 Å². The first-order valence-corrected chi connectivity index (χ1v) is 7.29. The molecule has 0 fully saturated rings. The molecule has 23 heavy (non-hydrogen) atoms. The Bertz CT molecular complexity index is 982. The minimum atomic E-state index is 0.628. The van der Waals surface area contributed by atoms with Crippen molar-refractivity contribution in [3.05, 3.63) is 54.0 Å². The lowest BCUT2D eigenvalue weighted by atomic mass is 10.1. The van der Waals surface area contributed by atoms with Crippen LogP contribution in [0.3, 0.4) is 0 Å². The minimum absolute atomic E-state index is 0.628. The molecule has 0 N–H and O–H groups in total. The van der Waals surface area contributed by atoms with E-state index in [2.05, 4.69) is 27.1 Å². The Labute approximate surface area is 132 Å². The third-order valence-electron chi connectivity index (χ3n) is 3.75. The molecular formula is C16H15N7. The van der Waals surface area contributed by atoms with Gasteiger partial charge in [0.2, 0.25) is 0 Å². The third-order valence-corrected chi connectivity index (χ3v) is 3.75. The van der Waals surface area contributed by atoms with Crippen molar-refractivity contribution in [3.8, 4) is 17.2 Å². The fourth-order valence-electron chi connectivity index (χ4n) is 2.61. The highest BCUT2D eigenvalue weighted by molar-refractivity contribution is 5.67. The van der Waals surface area contributed by atoms with Crippen LogP contribution >= 0.6 is 0 Å². The van der Waals surface area contributed by atoms with E-state index in [1.807, 2.05) is 42.6 Å². The van der Waals surface area contributed by atoms with E-state index in [1.165, 1.54) is 11.9 Å². The maximum atomic E-state index is 4.71. The van der Waals surface area contributed by atoms with E-state index in [9.17, 15) is 0 Å². The molecule has 0 unspecified atom stereocenters. The van der Waals surface area contributed by atoms with E-state index in [-0.39, 0.29) is 0 Å². The van der Waals surface area contributed by atoms with Crippen LogP contribution < -0.4 is 0 Å². The van der Waals surface area contributed by atoms with Crippen LogP contribution in [0.2, 0.25) is 0 Å². The van der Waals surface area contributed by atoms with E-state index in [0.717, 1.165) is 22.6 Å². The van der Waals surface area contributed by atoms with Gasteiger partial charge >= 0.3 is 0 Å². The average molecular weight is 305 g/mol. The predicted octanol–water partition coefficient (Wildman–Crippen LogP) is 2.30. The topological polar surface area (TPSA) is 73.8 Å². The van der Waals surface area contributed by atoms with Crippen molar-refractivity contribution in [1.29, 1.82) is 0 Å². The monoisotopic (exact) mass is 305 g/mol. The molecule has 4 rings (SSSR count). The van der Waals surface area contributed by atoms with Gasteiger partial charge in [0, 0.05) is 5.56 Å². The molecule has 0 aliphatic carbocycles. The first kappa shape index (κ1) is 13.6. The minimum Gasteiger partial charge on any atom is -0.236 e. The molecule has 0 atom stereocenters. The van der Waals surface area contributed by atoms with Crippen LogP contribution in [0, 0.1) is 20.8 Å². The van der Waals surface area contributed by atoms with Gasteiger partial charge in [-0.1, -0.05) is 29.8 Å². The Kier molecular flexibility index (Phi) is 2.94. The van der Waals surface area contributed by atoms with Crippen LogP contribution in [0.1, 0.15) is 17.1 Å². The Morgan fingerprint density at radius 2 is 1.74 bits per heavy atom. The summed E-state index contributed by atoms with van der Waals surface area (Å²) >= 11 is 0. The lowest BCUT2D eigenvalue weighted by Crippen LogP contribution is -2.08. The smallest absolute Gasteiger partial charge is 0.185 e. The number of nitrogens with zero attached hydrogens (tertiary/aromatic N) is 7. The van der Waals surface area contributed by atoms with Gasteiger partial charge in [-0.3, -0.25) is 0 Å². The standard InChI is InChI=1S/C16H15N7/c1-10-4-6-13(7-5-10)15-20-16(22-9-17-8-18-22)14-11(2)19-12(3)23(14)21-15/h4-9H,1-3H3. The van der Waals surface area contributed by atoms with Crippen LogP contribution in [-0.2, 0) is 0 Å². The first-order chi connectivity index (χ1) is 11.1. The van der Waals surface area contributed by atoms with Crippen molar-refractivity contribution >= 4 is 5.52 Å². The molecule has 0 spiro atoms. The van der Waals surface area contributed by atoms with Crippen molar-refractivity contribution in [3.63, 3.8) is 0 Å². The van der Waals surface area contributed by atoms with Crippen LogP contribution in [-0.4, -0.2) is 34.3 Å². The molecule has 0 radical (unpaired) electrons. The molecular weight excluding hydrogens is 290 g/mol. The van der Waals surface area contributed by atoms with Crippen molar-refractivity contribution in [2.45, 2.75) is 20.8 Å². The maximum absolute atomic E-state index is 4.71. The molecule has 0 amide bonds. The molecule has 114 valence electrons. The van der Waals surface area contributed by atoms with Crippen LogP contribution in [0.4, 0.5) is 0 Å². The van der Waals surface area contributed by atoms with Gasteiger partial charge in [-0.15, -0.1) is 5.10 Å². The van der Waals surface area contributed by atoms with Crippen molar-refractivity contribution in [2.75, 3.05) is 0 Å². The molecule has 0 saturated carbocycles. The van der Waals surface area contributed by atoms with Gasteiger partial charge < -0.3 is 0 Å². The Hall–Kier alpha value is -3.09. The summed E-state index contributed by atoms with van der Waals surface area (Å²) in [4.78, 5) is 13.2. The largest absolute Gasteiger partial charge is 0.236 e. The van der Waals surface area contributed by atoms with Gasteiger partial charge in [0.25, 0.3) is 0 Å². The zero-order valence-electron chi connectivity index (χ0n) is 13.1. The molecule has 0 aliphatic rings. The van der Waals surface area contributed by atoms with Gasteiger partial charge in [-0.25, -0.2) is 24.1 Å². The number of benzene rings is 1. The van der Waals surface area contributed by atoms with Gasteiger partial charge in [0.15, 0.2) is 11.6 Å². The highest BCUT2D eigenvalue weighted by atomic mass is 15.4. The first-order valence-electron chi connectivity index (χ1n) is 7.29. The summed E-state index contributed by atoms with van der Waals surface area (Å²) in [5.41, 5.74) is 3.85. The van der Waals surface area contributed by atoms with Crippen LogP contribution in [0.15, 0.2) is 36.9 Å². The summed E-state index contributed by atoms with van der Waals surface area (Å²) in [7, 11) is 0. The molecule has 7 nitrogen and oxygen atoms in total. The molecule has 1 aromatic carbocycles. The fraction of sp³-hybridized carbons (Fsp3) is 0.188. The number of imidazole rings is 1. The van der Waals surface area contributed by atoms with Crippen molar-refractivity contribution in [2.24, 2.45) is 0 Å². The fourth-order valence-corrected chi connectivity index (χ4v) is 2.61. The number of hydrogen-bond donors (Lipinski definition) is 0. The molecule has 0 saturated heterocycles. The maximum Gasteiger partial charge on any atom is 0.185 e. The summed E-state index contributed by atoms with van der Waals surface area (Å²) in [6.07, 6.45) is 3.12. The highest BCUT2D eigenvalue weighted by Crippen LogP contribution is 2.22. The number of aromatic nitrogens is 7. The molecule has 4 aromatic rings. The number of rotatable bonds is 2. The summed E-state index contributed by atoms with van der Waals surface area (Å²) < 4.78 is 3.46. The molecule has 3 aromatic heterocycles. The highest BCUT2D eigenvalue weighted by Gasteiger charge is 2.17. The molecule has 3 heterocycles. The number of hydrogen-bond acceptors (Lipinski definition) is 5. The molecule has 0 bridgehead atoms. The van der Waals surface area contributed by atoms with Gasteiger partial charge in [-0.2, -0.15) is 5.10 Å². The normalized spacial score (nSPS) is 11.3. The second-order valence-electron chi connectivity index (χ2n) is 5.47. The summed E-state index contributed by atoms with van der Waals surface area (Å²) in [5, 5.41) is 8.86. The molecule has 7 heteroatoms.